The maximum Gasteiger partial charge on any atom is 0.188 e. The molecule has 0 saturated carbocycles. The number of benzene rings is 1. The largest absolute Gasteiger partial charge is 0.369 e. The summed E-state index contributed by atoms with van der Waals surface area (Å²) in [5, 5.41) is 4.21. The van der Waals surface area contributed by atoms with Crippen LogP contribution >= 0.6 is 11.3 Å². The van der Waals surface area contributed by atoms with Crippen molar-refractivity contribution in [3.63, 3.8) is 0 Å². The van der Waals surface area contributed by atoms with Crippen molar-refractivity contribution in [2.75, 3.05) is 25.0 Å². The minimum absolute atomic E-state index is 0.0146. The van der Waals surface area contributed by atoms with E-state index < -0.39 is 0 Å². The Morgan fingerprint density at radius 1 is 1.11 bits per heavy atom. The minimum atomic E-state index is -0.0146. The summed E-state index contributed by atoms with van der Waals surface area (Å²) >= 11 is 1.65. The third-order valence-electron chi connectivity index (χ3n) is 5.17. The molecule has 1 aliphatic rings. The Morgan fingerprint density at radius 3 is 2.75 bits per heavy atom. The molecule has 3 aromatic rings. The lowest BCUT2D eigenvalue weighted by atomic mass is 10.1. The van der Waals surface area contributed by atoms with Crippen LogP contribution in [0.1, 0.15) is 33.5 Å². The zero-order valence-electron chi connectivity index (χ0n) is 16.6. The van der Waals surface area contributed by atoms with Crippen LogP contribution in [0.25, 0.3) is 0 Å². The first kappa shape index (κ1) is 19.1. The number of aromatic nitrogens is 2. The van der Waals surface area contributed by atoms with E-state index in [0.717, 1.165) is 48.6 Å². The number of thiazole rings is 1. The molecule has 1 aliphatic heterocycles. The standard InChI is InChI=1S/C22H26N4OS/c1-15-7-4-5-8-18(15)13-26-11-12-27-20(14-26)19-9-6-10-21(24-19)25-22-23-16(2)17(3)28-22/h4-10,20H,11-14H2,1-3H3,(H,23,24,25)/t20-/m1/s1. The lowest BCUT2D eigenvalue weighted by molar-refractivity contribution is -0.0349. The molecular weight excluding hydrogens is 368 g/mol. The highest BCUT2D eigenvalue weighted by atomic mass is 32.1. The van der Waals surface area contributed by atoms with E-state index in [-0.39, 0.29) is 6.10 Å². The highest BCUT2D eigenvalue weighted by Gasteiger charge is 2.23. The average molecular weight is 395 g/mol. The molecule has 5 nitrogen and oxygen atoms in total. The highest BCUT2D eigenvalue weighted by molar-refractivity contribution is 7.15. The number of anilines is 2. The van der Waals surface area contributed by atoms with Crippen molar-refractivity contribution in [2.24, 2.45) is 0 Å². The first-order valence-corrected chi connectivity index (χ1v) is 10.5. The maximum absolute atomic E-state index is 6.05. The number of hydrogen-bond donors (Lipinski definition) is 1. The second-order valence-corrected chi connectivity index (χ2v) is 8.46. The van der Waals surface area contributed by atoms with Crippen molar-refractivity contribution in [2.45, 2.75) is 33.4 Å². The number of hydrogen-bond acceptors (Lipinski definition) is 6. The molecular formula is C22H26N4OS. The van der Waals surface area contributed by atoms with Crippen LogP contribution in [0, 0.1) is 20.8 Å². The molecule has 1 aromatic carbocycles. The van der Waals surface area contributed by atoms with Crippen LogP contribution in [-0.4, -0.2) is 34.6 Å². The van der Waals surface area contributed by atoms with Crippen molar-refractivity contribution in [1.29, 1.82) is 0 Å². The third kappa shape index (κ3) is 4.41. The number of nitrogens with zero attached hydrogens (tertiary/aromatic N) is 3. The molecule has 4 rings (SSSR count). The Morgan fingerprint density at radius 2 is 1.96 bits per heavy atom. The molecule has 1 saturated heterocycles. The molecule has 1 N–H and O–H groups in total. The summed E-state index contributed by atoms with van der Waals surface area (Å²) in [6.45, 7) is 9.75. The van der Waals surface area contributed by atoms with E-state index in [1.54, 1.807) is 11.3 Å². The van der Waals surface area contributed by atoms with Gasteiger partial charge in [-0.2, -0.15) is 0 Å². The lowest BCUT2D eigenvalue weighted by Gasteiger charge is -2.33. The molecule has 2 aromatic heterocycles. The Bertz CT molecular complexity index is 936. The van der Waals surface area contributed by atoms with Crippen LogP contribution in [0.2, 0.25) is 0 Å². The van der Waals surface area contributed by atoms with Crippen LogP contribution < -0.4 is 5.32 Å². The summed E-state index contributed by atoms with van der Waals surface area (Å²) in [6, 6.07) is 14.6. The summed E-state index contributed by atoms with van der Waals surface area (Å²) < 4.78 is 6.05. The molecule has 28 heavy (non-hydrogen) atoms. The fourth-order valence-electron chi connectivity index (χ4n) is 3.39. The zero-order chi connectivity index (χ0) is 19.5. The Balaban J connectivity index is 1.45. The molecule has 0 bridgehead atoms. The van der Waals surface area contributed by atoms with Crippen LogP contribution in [0.3, 0.4) is 0 Å². The number of rotatable bonds is 5. The fraction of sp³-hybridized carbons (Fsp3) is 0.364. The second kappa shape index (κ2) is 8.39. The molecule has 1 atom stereocenters. The van der Waals surface area contributed by atoms with E-state index >= 15 is 0 Å². The molecule has 146 valence electrons. The van der Waals surface area contributed by atoms with Gasteiger partial charge < -0.3 is 10.1 Å². The normalized spacial score (nSPS) is 17.6. The van der Waals surface area contributed by atoms with Gasteiger partial charge in [-0.3, -0.25) is 4.90 Å². The van der Waals surface area contributed by atoms with Gasteiger partial charge in [0.05, 0.1) is 18.0 Å². The topological polar surface area (TPSA) is 50.3 Å². The van der Waals surface area contributed by atoms with Gasteiger partial charge >= 0.3 is 0 Å². The van der Waals surface area contributed by atoms with Crippen LogP contribution in [-0.2, 0) is 11.3 Å². The van der Waals surface area contributed by atoms with Crippen LogP contribution in [0.15, 0.2) is 42.5 Å². The molecule has 0 aliphatic carbocycles. The Hall–Kier alpha value is -2.28. The molecule has 0 unspecified atom stereocenters. The van der Waals surface area contributed by atoms with Gasteiger partial charge in [0.15, 0.2) is 5.13 Å². The summed E-state index contributed by atoms with van der Waals surface area (Å²) in [5.74, 6) is 0.811. The van der Waals surface area contributed by atoms with Crippen LogP contribution in [0.4, 0.5) is 10.9 Å². The van der Waals surface area contributed by atoms with Gasteiger partial charge in [0, 0.05) is 24.5 Å². The van der Waals surface area contributed by atoms with Crippen molar-refractivity contribution >= 4 is 22.3 Å². The highest BCUT2D eigenvalue weighted by Crippen LogP contribution is 2.27. The minimum Gasteiger partial charge on any atom is -0.369 e. The molecule has 0 radical (unpaired) electrons. The van der Waals surface area contributed by atoms with Gasteiger partial charge in [-0.15, -0.1) is 11.3 Å². The molecule has 0 amide bonds. The van der Waals surface area contributed by atoms with Gasteiger partial charge in [-0.25, -0.2) is 9.97 Å². The van der Waals surface area contributed by atoms with E-state index in [1.165, 1.54) is 16.0 Å². The van der Waals surface area contributed by atoms with Crippen LogP contribution in [0.5, 0.6) is 0 Å². The predicted molar refractivity (Wildman–Crippen MR) is 114 cm³/mol. The predicted octanol–water partition coefficient (Wildman–Crippen LogP) is 4.78. The van der Waals surface area contributed by atoms with Gasteiger partial charge in [-0.05, 0) is 44.0 Å². The quantitative estimate of drug-likeness (QED) is 0.675. The summed E-state index contributed by atoms with van der Waals surface area (Å²) in [6.07, 6.45) is -0.0146. The number of pyridine rings is 1. The zero-order valence-corrected chi connectivity index (χ0v) is 17.4. The van der Waals surface area contributed by atoms with E-state index in [9.17, 15) is 0 Å². The third-order valence-corrected chi connectivity index (χ3v) is 6.16. The first-order valence-electron chi connectivity index (χ1n) is 9.65. The molecule has 1 fully saturated rings. The number of ether oxygens (including phenoxy) is 1. The molecule has 0 spiro atoms. The van der Waals surface area contributed by atoms with Crippen molar-refractivity contribution in [3.8, 4) is 0 Å². The van der Waals surface area contributed by atoms with Gasteiger partial charge in [0.2, 0.25) is 0 Å². The Kier molecular flexibility index (Phi) is 5.71. The van der Waals surface area contributed by atoms with Crippen molar-refractivity contribution in [1.82, 2.24) is 14.9 Å². The fourth-order valence-corrected chi connectivity index (χ4v) is 4.21. The maximum atomic E-state index is 6.05. The molecule has 6 heteroatoms. The summed E-state index contributed by atoms with van der Waals surface area (Å²) in [7, 11) is 0. The average Bonchev–Trinajstić information content (AvgIpc) is 3.01. The summed E-state index contributed by atoms with van der Waals surface area (Å²) in [4.78, 5) is 13.0. The number of morpholine rings is 1. The van der Waals surface area contributed by atoms with Crippen molar-refractivity contribution in [3.05, 3.63) is 69.9 Å². The Labute approximate surface area is 170 Å². The second-order valence-electron chi connectivity index (χ2n) is 7.25. The summed E-state index contributed by atoms with van der Waals surface area (Å²) in [5.41, 5.74) is 4.74. The molecule has 3 heterocycles. The SMILES string of the molecule is Cc1ccccc1CN1CCO[C@@H](c2cccc(Nc3nc(C)c(C)s3)n2)C1. The smallest absolute Gasteiger partial charge is 0.188 e. The number of aryl methyl sites for hydroxylation is 3. The van der Waals surface area contributed by atoms with Gasteiger partial charge in [0.1, 0.15) is 11.9 Å². The lowest BCUT2D eigenvalue weighted by Crippen LogP contribution is -2.38. The van der Waals surface area contributed by atoms with Crippen molar-refractivity contribution < 1.29 is 4.74 Å². The van der Waals surface area contributed by atoms with Gasteiger partial charge in [0.25, 0.3) is 0 Å². The number of nitrogens with one attached hydrogen (secondary N) is 1. The monoisotopic (exact) mass is 394 g/mol. The first-order chi connectivity index (χ1) is 13.6. The van der Waals surface area contributed by atoms with E-state index in [1.807, 2.05) is 25.1 Å². The van der Waals surface area contributed by atoms with E-state index in [2.05, 4.69) is 53.3 Å². The van der Waals surface area contributed by atoms with E-state index in [4.69, 9.17) is 9.72 Å². The van der Waals surface area contributed by atoms with Gasteiger partial charge in [-0.1, -0.05) is 30.3 Å². The van der Waals surface area contributed by atoms with E-state index in [0.29, 0.717) is 0 Å².